The first-order chi connectivity index (χ1) is 13.8. The molecule has 0 saturated carbocycles. The minimum atomic E-state index is 0.850. The van der Waals surface area contributed by atoms with Crippen LogP contribution in [-0.4, -0.2) is 98.2 Å². The van der Waals surface area contributed by atoms with Crippen LogP contribution in [0.1, 0.15) is 25.7 Å². The molecule has 0 aromatic carbocycles. The molecule has 0 spiro atoms. The van der Waals surface area contributed by atoms with Crippen LogP contribution in [0, 0.1) is 0 Å². The topological polar surface area (TPSA) is 71.9 Å². The molecule has 2 aliphatic heterocycles. The number of guanidine groups is 1. The average molecular weight is 389 g/mol. The standard InChI is InChI=1S/C20H36N8/c1-21-19(23-10-14-26-11-3-2-4-12-26)22-9-6-13-27-15-17-28(18-16-27)20-24-7-5-8-25-20/h5,7-8H,2-4,6,9-18H2,1H3,(H2,21,22,23). The van der Waals surface area contributed by atoms with Gasteiger partial charge in [-0.05, 0) is 45.0 Å². The predicted octanol–water partition coefficient (Wildman–Crippen LogP) is 0.640. The van der Waals surface area contributed by atoms with Gasteiger partial charge in [0.1, 0.15) is 0 Å². The summed E-state index contributed by atoms with van der Waals surface area (Å²) < 4.78 is 0. The van der Waals surface area contributed by atoms with Gasteiger partial charge in [-0.25, -0.2) is 9.97 Å². The number of piperazine rings is 1. The van der Waals surface area contributed by atoms with Crippen molar-refractivity contribution in [1.82, 2.24) is 30.4 Å². The minimum absolute atomic E-state index is 0.850. The predicted molar refractivity (Wildman–Crippen MR) is 115 cm³/mol. The highest BCUT2D eigenvalue weighted by molar-refractivity contribution is 5.79. The Morgan fingerprint density at radius 1 is 0.893 bits per heavy atom. The number of anilines is 1. The van der Waals surface area contributed by atoms with Crippen molar-refractivity contribution in [1.29, 1.82) is 0 Å². The normalized spacial score (nSPS) is 19.6. The van der Waals surface area contributed by atoms with E-state index in [1.165, 1.54) is 32.4 Å². The lowest BCUT2D eigenvalue weighted by Crippen LogP contribution is -2.48. The van der Waals surface area contributed by atoms with Gasteiger partial charge in [0.05, 0.1) is 0 Å². The Labute approximate surface area is 169 Å². The third-order valence-electron chi connectivity index (χ3n) is 5.54. The molecule has 1 aromatic heterocycles. The fraction of sp³-hybridized carbons (Fsp3) is 0.750. The molecule has 0 amide bonds. The summed E-state index contributed by atoms with van der Waals surface area (Å²) >= 11 is 0. The van der Waals surface area contributed by atoms with Gasteiger partial charge in [-0.15, -0.1) is 0 Å². The molecular weight excluding hydrogens is 352 g/mol. The van der Waals surface area contributed by atoms with Crippen LogP contribution in [0.5, 0.6) is 0 Å². The summed E-state index contributed by atoms with van der Waals surface area (Å²) in [5.74, 6) is 1.77. The summed E-state index contributed by atoms with van der Waals surface area (Å²) in [5, 5.41) is 6.89. The van der Waals surface area contributed by atoms with E-state index in [1.807, 2.05) is 25.5 Å². The molecule has 0 atom stereocenters. The minimum Gasteiger partial charge on any atom is -0.356 e. The second-order valence-electron chi connectivity index (χ2n) is 7.56. The first-order valence-corrected chi connectivity index (χ1v) is 10.8. The van der Waals surface area contributed by atoms with Gasteiger partial charge >= 0.3 is 0 Å². The van der Waals surface area contributed by atoms with E-state index in [2.05, 4.69) is 40.3 Å². The lowest BCUT2D eigenvalue weighted by Gasteiger charge is -2.34. The Morgan fingerprint density at radius 2 is 1.57 bits per heavy atom. The Morgan fingerprint density at radius 3 is 2.29 bits per heavy atom. The summed E-state index contributed by atoms with van der Waals surface area (Å²) in [7, 11) is 1.85. The zero-order chi connectivity index (χ0) is 19.4. The Balaban J connectivity index is 1.24. The van der Waals surface area contributed by atoms with Gasteiger partial charge in [0.25, 0.3) is 0 Å². The number of likely N-dealkylation sites (tertiary alicyclic amines) is 1. The average Bonchev–Trinajstić information content (AvgIpc) is 2.77. The molecule has 2 N–H and O–H groups in total. The SMILES string of the molecule is CN=C(NCCCN1CCN(c2ncccn2)CC1)NCCN1CCCCC1. The third kappa shape index (κ3) is 6.91. The maximum atomic E-state index is 4.35. The molecule has 0 bridgehead atoms. The monoisotopic (exact) mass is 388 g/mol. The molecule has 2 fully saturated rings. The van der Waals surface area contributed by atoms with Crippen LogP contribution in [-0.2, 0) is 0 Å². The largest absolute Gasteiger partial charge is 0.356 e. The molecular formula is C20H36N8. The summed E-state index contributed by atoms with van der Waals surface area (Å²) in [5.41, 5.74) is 0. The smallest absolute Gasteiger partial charge is 0.225 e. The van der Waals surface area contributed by atoms with E-state index in [-0.39, 0.29) is 0 Å². The fourth-order valence-corrected chi connectivity index (χ4v) is 3.87. The van der Waals surface area contributed by atoms with Gasteiger partial charge < -0.3 is 20.4 Å². The van der Waals surface area contributed by atoms with E-state index in [1.54, 1.807) is 0 Å². The van der Waals surface area contributed by atoms with Gasteiger partial charge in [0.2, 0.25) is 5.95 Å². The molecule has 3 rings (SSSR count). The van der Waals surface area contributed by atoms with Gasteiger partial charge in [-0.2, -0.15) is 0 Å². The Hall–Kier alpha value is -1.93. The van der Waals surface area contributed by atoms with E-state index in [0.717, 1.165) is 70.7 Å². The molecule has 8 nitrogen and oxygen atoms in total. The lowest BCUT2D eigenvalue weighted by atomic mass is 10.1. The first-order valence-electron chi connectivity index (χ1n) is 10.8. The van der Waals surface area contributed by atoms with Crippen molar-refractivity contribution in [2.75, 3.05) is 77.4 Å². The van der Waals surface area contributed by atoms with Crippen molar-refractivity contribution < 1.29 is 0 Å². The molecule has 156 valence electrons. The lowest BCUT2D eigenvalue weighted by molar-refractivity contribution is 0.232. The number of hydrogen-bond acceptors (Lipinski definition) is 6. The number of nitrogens with one attached hydrogen (secondary N) is 2. The van der Waals surface area contributed by atoms with E-state index in [9.17, 15) is 0 Å². The second-order valence-corrected chi connectivity index (χ2v) is 7.56. The van der Waals surface area contributed by atoms with Crippen molar-refractivity contribution in [3.8, 4) is 0 Å². The maximum absolute atomic E-state index is 4.35. The van der Waals surface area contributed by atoms with Gasteiger partial charge in [0, 0.05) is 65.3 Å². The van der Waals surface area contributed by atoms with Crippen LogP contribution in [0.3, 0.4) is 0 Å². The van der Waals surface area contributed by atoms with Gasteiger partial charge in [-0.1, -0.05) is 6.42 Å². The number of aromatic nitrogens is 2. The van der Waals surface area contributed by atoms with Crippen LogP contribution < -0.4 is 15.5 Å². The van der Waals surface area contributed by atoms with Crippen LogP contribution in [0.25, 0.3) is 0 Å². The van der Waals surface area contributed by atoms with Crippen molar-refractivity contribution >= 4 is 11.9 Å². The molecule has 8 heteroatoms. The van der Waals surface area contributed by atoms with E-state index in [0.29, 0.717) is 0 Å². The maximum Gasteiger partial charge on any atom is 0.225 e. The zero-order valence-corrected chi connectivity index (χ0v) is 17.3. The second kappa shape index (κ2) is 11.8. The quantitative estimate of drug-likeness (QED) is 0.385. The fourth-order valence-electron chi connectivity index (χ4n) is 3.87. The van der Waals surface area contributed by atoms with Gasteiger partial charge in [0.15, 0.2) is 5.96 Å². The molecule has 2 aliphatic rings. The number of hydrogen-bond donors (Lipinski definition) is 2. The highest BCUT2D eigenvalue weighted by Crippen LogP contribution is 2.09. The van der Waals surface area contributed by atoms with Crippen LogP contribution in [0.2, 0.25) is 0 Å². The molecule has 3 heterocycles. The summed E-state index contributed by atoms with van der Waals surface area (Å²) in [4.78, 5) is 20.4. The number of piperidine rings is 1. The van der Waals surface area contributed by atoms with Gasteiger partial charge in [-0.3, -0.25) is 9.89 Å². The van der Waals surface area contributed by atoms with E-state index >= 15 is 0 Å². The zero-order valence-electron chi connectivity index (χ0n) is 17.3. The summed E-state index contributed by atoms with van der Waals surface area (Å²) in [6, 6.07) is 1.86. The molecule has 1 aromatic rings. The van der Waals surface area contributed by atoms with Crippen LogP contribution in [0.4, 0.5) is 5.95 Å². The Kier molecular flexibility index (Phi) is 8.77. The number of rotatable bonds is 8. The summed E-state index contributed by atoms with van der Waals surface area (Å²) in [6.07, 6.45) is 8.83. The highest BCUT2D eigenvalue weighted by atomic mass is 15.3. The Bertz CT molecular complexity index is 565. The molecule has 28 heavy (non-hydrogen) atoms. The molecule has 2 saturated heterocycles. The molecule has 0 unspecified atom stereocenters. The van der Waals surface area contributed by atoms with Crippen molar-refractivity contribution in [3.63, 3.8) is 0 Å². The molecule has 0 radical (unpaired) electrons. The van der Waals surface area contributed by atoms with E-state index < -0.39 is 0 Å². The van der Waals surface area contributed by atoms with Crippen LogP contribution >= 0.6 is 0 Å². The first kappa shape index (κ1) is 20.8. The van der Waals surface area contributed by atoms with E-state index in [4.69, 9.17) is 0 Å². The number of nitrogens with zero attached hydrogens (tertiary/aromatic N) is 6. The van der Waals surface area contributed by atoms with Crippen molar-refractivity contribution in [2.45, 2.75) is 25.7 Å². The summed E-state index contributed by atoms with van der Waals surface area (Å²) in [6.45, 7) is 10.8. The van der Waals surface area contributed by atoms with Crippen molar-refractivity contribution in [2.24, 2.45) is 4.99 Å². The van der Waals surface area contributed by atoms with Crippen LogP contribution in [0.15, 0.2) is 23.5 Å². The molecule has 0 aliphatic carbocycles. The van der Waals surface area contributed by atoms with Crippen molar-refractivity contribution in [3.05, 3.63) is 18.5 Å². The third-order valence-corrected chi connectivity index (χ3v) is 5.54. The number of aliphatic imine (C=N–C) groups is 1. The highest BCUT2D eigenvalue weighted by Gasteiger charge is 2.18.